The maximum atomic E-state index is 10.6. The lowest BCUT2D eigenvalue weighted by atomic mass is 9.97. The predicted octanol–water partition coefficient (Wildman–Crippen LogP) is 3.28. The Morgan fingerprint density at radius 1 is 1.17 bits per heavy atom. The number of rotatable bonds is 4. The number of hydrogen-bond acceptors (Lipinski definition) is 7. The first-order valence-corrected chi connectivity index (χ1v) is 10.7. The van der Waals surface area contributed by atoms with Crippen LogP contribution in [0.2, 0.25) is 0 Å². The van der Waals surface area contributed by atoms with Crippen LogP contribution in [0.15, 0.2) is 18.2 Å². The summed E-state index contributed by atoms with van der Waals surface area (Å²) in [5, 5.41) is 26.6. The Bertz CT molecular complexity index is 939. The summed E-state index contributed by atoms with van der Waals surface area (Å²) < 4.78 is 69.7. The smallest absolute Gasteiger partial charge is 0.475 e. The zero-order valence-corrected chi connectivity index (χ0v) is 18.8. The number of ether oxygens (including phenoxy) is 1. The zero-order valence-electron chi connectivity index (χ0n) is 18.8. The molecule has 0 aromatic carbocycles. The molecule has 2 saturated heterocycles. The summed E-state index contributed by atoms with van der Waals surface area (Å²) in [7, 11) is 0. The predicted molar refractivity (Wildman–Crippen MR) is 111 cm³/mol. The highest BCUT2D eigenvalue weighted by molar-refractivity contribution is 5.73. The van der Waals surface area contributed by atoms with Gasteiger partial charge >= 0.3 is 24.3 Å². The Morgan fingerprint density at radius 2 is 1.75 bits per heavy atom. The van der Waals surface area contributed by atoms with Crippen molar-refractivity contribution in [3.8, 4) is 6.07 Å². The average Bonchev–Trinajstić information content (AvgIpc) is 3.38. The summed E-state index contributed by atoms with van der Waals surface area (Å²) in [6.45, 7) is 4.24. The maximum absolute atomic E-state index is 10.6. The molecule has 1 saturated carbocycles. The van der Waals surface area contributed by atoms with E-state index in [1.54, 1.807) is 6.07 Å². The van der Waals surface area contributed by atoms with Gasteiger partial charge in [0.15, 0.2) is 0 Å². The topological polar surface area (TPSA) is 136 Å². The molecule has 3 aliphatic rings. The van der Waals surface area contributed by atoms with E-state index in [-0.39, 0.29) is 5.60 Å². The average molecular weight is 526 g/mol. The molecule has 0 amide bonds. The lowest BCUT2D eigenvalue weighted by molar-refractivity contribution is -0.193. The van der Waals surface area contributed by atoms with Crippen molar-refractivity contribution in [2.45, 2.75) is 49.7 Å². The number of anilines is 1. The van der Waals surface area contributed by atoms with Gasteiger partial charge in [0, 0.05) is 26.1 Å². The molecule has 36 heavy (non-hydrogen) atoms. The van der Waals surface area contributed by atoms with Crippen LogP contribution in [0.4, 0.5) is 32.2 Å². The van der Waals surface area contributed by atoms with Crippen LogP contribution >= 0.6 is 0 Å². The monoisotopic (exact) mass is 526 g/mol. The minimum Gasteiger partial charge on any atom is -0.475 e. The third-order valence-electron chi connectivity index (χ3n) is 5.52. The number of alkyl halides is 6. The summed E-state index contributed by atoms with van der Waals surface area (Å²) >= 11 is 0. The molecular weight excluding hydrogens is 502 g/mol. The van der Waals surface area contributed by atoms with E-state index in [0.29, 0.717) is 11.7 Å². The van der Waals surface area contributed by atoms with Gasteiger partial charge in [0.05, 0.1) is 18.2 Å². The molecule has 3 N–H and O–H groups in total. The molecular formula is C21H24F6N4O5. The Balaban J connectivity index is 0.000000271. The number of pyridine rings is 1. The number of hydrogen-bond donors (Lipinski definition) is 3. The fourth-order valence-electron chi connectivity index (χ4n) is 3.76. The molecule has 4 rings (SSSR count). The van der Waals surface area contributed by atoms with Crippen LogP contribution in [-0.2, 0) is 14.3 Å². The zero-order chi connectivity index (χ0) is 27.1. The van der Waals surface area contributed by atoms with E-state index in [4.69, 9.17) is 29.8 Å². The van der Waals surface area contributed by atoms with E-state index < -0.39 is 24.3 Å². The molecule has 3 heterocycles. The molecule has 1 spiro atoms. The second-order valence-electron chi connectivity index (χ2n) is 8.59. The van der Waals surface area contributed by atoms with Gasteiger partial charge in [-0.05, 0) is 37.3 Å². The van der Waals surface area contributed by atoms with Crippen molar-refractivity contribution >= 4 is 17.8 Å². The summed E-state index contributed by atoms with van der Waals surface area (Å²) in [5.74, 6) is -3.79. The largest absolute Gasteiger partial charge is 0.490 e. The number of nitriles is 1. The Kier molecular flexibility index (Phi) is 9.50. The van der Waals surface area contributed by atoms with Gasteiger partial charge < -0.3 is 25.2 Å². The fourth-order valence-corrected chi connectivity index (χ4v) is 3.76. The van der Waals surface area contributed by atoms with Gasteiger partial charge in [-0.1, -0.05) is 6.07 Å². The van der Waals surface area contributed by atoms with Gasteiger partial charge in [-0.2, -0.15) is 31.6 Å². The van der Waals surface area contributed by atoms with Crippen molar-refractivity contribution in [3.63, 3.8) is 0 Å². The van der Waals surface area contributed by atoms with E-state index >= 15 is 0 Å². The first-order valence-electron chi connectivity index (χ1n) is 10.7. The molecule has 1 aromatic rings. The van der Waals surface area contributed by atoms with Crippen molar-refractivity contribution in [1.82, 2.24) is 9.88 Å². The van der Waals surface area contributed by atoms with Crippen molar-refractivity contribution in [3.05, 3.63) is 23.9 Å². The highest BCUT2D eigenvalue weighted by Crippen LogP contribution is 2.38. The molecule has 1 aliphatic carbocycles. The third-order valence-corrected chi connectivity index (χ3v) is 5.52. The Morgan fingerprint density at radius 3 is 2.25 bits per heavy atom. The standard InChI is InChI=1S/C17H22N4O.2C2HF3O2/c18-9-14-2-1-3-16(19-14)20-15-8-17(22-11-15)6-7-21(12-17)10-13-4-5-13;2*3-2(4,5)1(6)7/h1-3,13,15H,4-8,10-12H2,(H,19,20);2*(H,6,7). The van der Waals surface area contributed by atoms with Crippen molar-refractivity contribution < 1.29 is 50.9 Å². The lowest BCUT2D eigenvalue weighted by Crippen LogP contribution is -2.34. The second-order valence-corrected chi connectivity index (χ2v) is 8.59. The number of aliphatic carboxylic acids is 2. The molecule has 1 aromatic heterocycles. The number of nitrogens with zero attached hydrogens (tertiary/aromatic N) is 3. The Labute approximate surface area is 201 Å². The van der Waals surface area contributed by atoms with Gasteiger partial charge in [0.2, 0.25) is 0 Å². The third kappa shape index (κ3) is 9.50. The van der Waals surface area contributed by atoms with E-state index in [1.165, 1.54) is 25.9 Å². The quantitative estimate of drug-likeness (QED) is 0.505. The van der Waals surface area contributed by atoms with Crippen LogP contribution in [0.1, 0.15) is 31.4 Å². The molecule has 3 fully saturated rings. The normalized spacial score (nSPS) is 23.6. The Hall–Kier alpha value is -3.12. The minimum atomic E-state index is -5.08. The van der Waals surface area contributed by atoms with Gasteiger partial charge in [-0.3, -0.25) is 0 Å². The van der Waals surface area contributed by atoms with E-state index in [2.05, 4.69) is 21.3 Å². The van der Waals surface area contributed by atoms with Crippen molar-refractivity contribution in [1.29, 1.82) is 5.26 Å². The van der Waals surface area contributed by atoms with Crippen molar-refractivity contribution in [2.24, 2.45) is 5.92 Å². The first-order chi connectivity index (χ1) is 16.6. The second kappa shape index (κ2) is 11.7. The fraction of sp³-hybridized carbons (Fsp3) is 0.619. The molecule has 0 radical (unpaired) electrons. The number of halogens is 6. The number of carboxylic acid groups (broad SMARTS) is 2. The van der Waals surface area contributed by atoms with Gasteiger partial charge in [-0.15, -0.1) is 0 Å². The highest BCUT2D eigenvalue weighted by Gasteiger charge is 2.46. The highest BCUT2D eigenvalue weighted by atomic mass is 19.4. The maximum Gasteiger partial charge on any atom is 0.490 e. The molecule has 2 atom stereocenters. The number of carboxylic acids is 2. The number of carbonyl (C=O) groups is 2. The van der Waals surface area contributed by atoms with Crippen LogP contribution in [0.5, 0.6) is 0 Å². The number of nitrogens with one attached hydrogen (secondary N) is 1. The lowest BCUT2D eigenvalue weighted by Gasteiger charge is -2.23. The molecule has 0 bridgehead atoms. The summed E-state index contributed by atoms with van der Waals surface area (Å²) in [6.07, 6.45) is -5.17. The molecule has 15 heteroatoms. The van der Waals surface area contributed by atoms with Crippen molar-refractivity contribution in [2.75, 3.05) is 31.6 Å². The van der Waals surface area contributed by atoms with Crippen LogP contribution in [0, 0.1) is 17.2 Å². The molecule has 2 unspecified atom stereocenters. The van der Waals surface area contributed by atoms with Crippen LogP contribution in [0.3, 0.4) is 0 Å². The van der Waals surface area contributed by atoms with Gasteiger partial charge in [0.25, 0.3) is 0 Å². The summed E-state index contributed by atoms with van der Waals surface area (Å²) in [6, 6.07) is 7.89. The van der Waals surface area contributed by atoms with Gasteiger partial charge in [0.1, 0.15) is 17.6 Å². The van der Waals surface area contributed by atoms with E-state index in [9.17, 15) is 26.3 Å². The number of likely N-dealkylation sites (tertiary alicyclic amines) is 1. The first kappa shape index (κ1) is 29.1. The van der Waals surface area contributed by atoms with Gasteiger partial charge in [-0.25, -0.2) is 14.6 Å². The van der Waals surface area contributed by atoms with Crippen LogP contribution in [-0.4, -0.2) is 82.3 Å². The number of aromatic nitrogens is 1. The molecule has 9 nitrogen and oxygen atoms in total. The van der Waals surface area contributed by atoms with Crippen LogP contribution in [0.25, 0.3) is 0 Å². The van der Waals surface area contributed by atoms with E-state index in [0.717, 1.165) is 37.7 Å². The minimum absolute atomic E-state index is 0.0411. The van der Waals surface area contributed by atoms with Crippen LogP contribution < -0.4 is 5.32 Å². The summed E-state index contributed by atoms with van der Waals surface area (Å²) in [4.78, 5) is 24.7. The molecule has 2 aliphatic heterocycles. The summed E-state index contributed by atoms with van der Waals surface area (Å²) in [5.41, 5.74) is 0.495. The van der Waals surface area contributed by atoms with E-state index in [1.807, 2.05) is 12.1 Å². The SMILES string of the molecule is N#Cc1cccc(NC2COC3(CCN(CC4CC4)C3)C2)n1.O=C(O)C(F)(F)F.O=C(O)C(F)(F)F. The molecule has 200 valence electrons.